The van der Waals surface area contributed by atoms with E-state index in [0.29, 0.717) is 6.54 Å². The highest BCUT2D eigenvalue weighted by Gasteiger charge is 2.34. The van der Waals surface area contributed by atoms with Crippen molar-refractivity contribution < 1.29 is 9.90 Å². The molecule has 3 nitrogen and oxygen atoms in total. The molecule has 0 spiro atoms. The van der Waals surface area contributed by atoms with Crippen molar-refractivity contribution in [2.45, 2.75) is 37.2 Å². The van der Waals surface area contributed by atoms with Crippen LogP contribution in [0.2, 0.25) is 0 Å². The smallest absolute Gasteiger partial charge is 0.228 e. The van der Waals surface area contributed by atoms with Gasteiger partial charge in [-0.2, -0.15) is 0 Å². The van der Waals surface area contributed by atoms with Crippen molar-refractivity contribution >= 4 is 17.7 Å². The monoisotopic (exact) mass is 355 g/mol. The van der Waals surface area contributed by atoms with Crippen LogP contribution in [0.4, 0.5) is 0 Å². The van der Waals surface area contributed by atoms with Gasteiger partial charge in [-0.1, -0.05) is 55.5 Å². The normalized spacial score (nSPS) is 19.7. The molecule has 0 radical (unpaired) electrons. The van der Waals surface area contributed by atoms with Gasteiger partial charge in [-0.3, -0.25) is 4.79 Å². The molecule has 0 aromatic heterocycles. The summed E-state index contributed by atoms with van der Waals surface area (Å²) in [4.78, 5) is 13.9. The van der Waals surface area contributed by atoms with Crippen molar-refractivity contribution in [1.82, 2.24) is 5.32 Å². The van der Waals surface area contributed by atoms with E-state index in [1.54, 1.807) is 18.7 Å². The molecule has 1 aliphatic heterocycles. The Balaban J connectivity index is 1.67. The molecule has 0 saturated carbocycles. The first-order valence-electron chi connectivity index (χ1n) is 8.71. The van der Waals surface area contributed by atoms with E-state index in [1.165, 1.54) is 10.5 Å². The minimum atomic E-state index is -0.516. The molecule has 0 aliphatic carbocycles. The van der Waals surface area contributed by atoms with E-state index in [0.717, 1.165) is 17.7 Å². The standard InChI is InChI=1S/C21H25NO2S/c1-15(23)21(2,12-16-8-4-3-5-9-16)14-22-20(24)18-13-25-19-11-7-6-10-17(18)19/h3-11,15,18,23H,12-14H2,1-2H3,(H,22,24)/t15-,18+,21-/m0/s1. The molecule has 2 N–H and O–H groups in total. The maximum absolute atomic E-state index is 12.7. The number of hydrogen-bond donors (Lipinski definition) is 2. The summed E-state index contributed by atoms with van der Waals surface area (Å²) in [6, 6.07) is 18.2. The third-order valence-corrected chi connectivity index (χ3v) is 6.33. The van der Waals surface area contributed by atoms with E-state index >= 15 is 0 Å². The molecule has 2 aromatic rings. The largest absolute Gasteiger partial charge is 0.393 e. The second-order valence-corrected chi connectivity index (χ2v) is 8.17. The van der Waals surface area contributed by atoms with Crippen LogP contribution < -0.4 is 5.32 Å². The number of nitrogens with one attached hydrogen (secondary N) is 1. The third-order valence-electron chi connectivity index (χ3n) is 5.14. The zero-order valence-corrected chi connectivity index (χ0v) is 15.6. The molecular formula is C21H25NO2S. The van der Waals surface area contributed by atoms with Gasteiger partial charge in [0.25, 0.3) is 0 Å². The zero-order valence-electron chi connectivity index (χ0n) is 14.7. The number of aliphatic hydroxyl groups excluding tert-OH is 1. The number of hydrogen-bond acceptors (Lipinski definition) is 3. The number of carbonyl (C=O) groups excluding carboxylic acids is 1. The van der Waals surface area contributed by atoms with Crippen LogP contribution in [0.25, 0.3) is 0 Å². The maximum Gasteiger partial charge on any atom is 0.228 e. The first-order chi connectivity index (χ1) is 12.0. The molecule has 1 heterocycles. The number of aliphatic hydroxyl groups is 1. The molecule has 0 unspecified atom stereocenters. The predicted molar refractivity (Wildman–Crippen MR) is 103 cm³/mol. The van der Waals surface area contributed by atoms with Gasteiger partial charge in [0.1, 0.15) is 0 Å². The molecule has 0 bridgehead atoms. The van der Waals surface area contributed by atoms with Crippen LogP contribution in [-0.4, -0.2) is 29.4 Å². The molecule has 0 fully saturated rings. The van der Waals surface area contributed by atoms with E-state index in [9.17, 15) is 9.90 Å². The van der Waals surface area contributed by atoms with Gasteiger partial charge in [0.15, 0.2) is 0 Å². The van der Waals surface area contributed by atoms with Gasteiger partial charge in [0.2, 0.25) is 5.91 Å². The fourth-order valence-electron chi connectivity index (χ4n) is 3.21. The number of thioether (sulfide) groups is 1. The maximum atomic E-state index is 12.7. The van der Waals surface area contributed by atoms with Crippen LogP contribution in [0.3, 0.4) is 0 Å². The van der Waals surface area contributed by atoms with Crippen LogP contribution in [0.5, 0.6) is 0 Å². The number of fused-ring (bicyclic) bond motifs is 1. The lowest BCUT2D eigenvalue weighted by molar-refractivity contribution is -0.122. The minimum Gasteiger partial charge on any atom is -0.393 e. The number of benzene rings is 2. The van der Waals surface area contributed by atoms with Crippen LogP contribution in [-0.2, 0) is 11.2 Å². The van der Waals surface area contributed by atoms with Gasteiger partial charge in [0, 0.05) is 22.6 Å². The number of amides is 1. The second kappa shape index (κ2) is 7.63. The van der Waals surface area contributed by atoms with Crippen molar-refractivity contribution in [3.8, 4) is 0 Å². The van der Waals surface area contributed by atoms with E-state index in [1.807, 2.05) is 43.3 Å². The van der Waals surface area contributed by atoms with Gasteiger partial charge >= 0.3 is 0 Å². The lowest BCUT2D eigenvalue weighted by Gasteiger charge is -2.33. The molecule has 3 rings (SSSR count). The predicted octanol–water partition coefficient (Wildman–Crippen LogP) is 3.62. The van der Waals surface area contributed by atoms with Crippen molar-refractivity contribution in [2.75, 3.05) is 12.3 Å². The van der Waals surface area contributed by atoms with Crippen molar-refractivity contribution in [1.29, 1.82) is 0 Å². The molecule has 0 saturated heterocycles. The van der Waals surface area contributed by atoms with Crippen LogP contribution in [0.1, 0.15) is 30.9 Å². The van der Waals surface area contributed by atoms with E-state index < -0.39 is 11.5 Å². The van der Waals surface area contributed by atoms with E-state index in [2.05, 4.69) is 23.5 Å². The number of carbonyl (C=O) groups is 1. The van der Waals surface area contributed by atoms with E-state index in [4.69, 9.17) is 0 Å². The second-order valence-electron chi connectivity index (χ2n) is 7.11. The molecule has 3 atom stereocenters. The van der Waals surface area contributed by atoms with Crippen LogP contribution in [0.15, 0.2) is 59.5 Å². The summed E-state index contributed by atoms with van der Waals surface area (Å²) in [6.45, 7) is 4.29. The number of rotatable bonds is 6. The van der Waals surface area contributed by atoms with Crippen molar-refractivity contribution in [2.24, 2.45) is 5.41 Å². The molecule has 4 heteroatoms. The summed E-state index contributed by atoms with van der Waals surface area (Å²) in [7, 11) is 0. The van der Waals surface area contributed by atoms with Gasteiger partial charge in [-0.05, 0) is 30.5 Å². The van der Waals surface area contributed by atoms with Crippen LogP contribution >= 0.6 is 11.8 Å². The first-order valence-corrected chi connectivity index (χ1v) is 9.69. The summed E-state index contributed by atoms with van der Waals surface area (Å²) < 4.78 is 0. The fraction of sp³-hybridized carbons (Fsp3) is 0.381. The Labute approximate surface area is 153 Å². The average molecular weight is 356 g/mol. The van der Waals surface area contributed by atoms with Gasteiger partial charge < -0.3 is 10.4 Å². The Bertz CT molecular complexity index is 732. The molecule has 132 valence electrons. The molecular weight excluding hydrogens is 330 g/mol. The zero-order chi connectivity index (χ0) is 17.9. The Kier molecular flexibility index (Phi) is 5.50. The highest BCUT2D eigenvalue weighted by atomic mass is 32.2. The SMILES string of the molecule is C[C@H](O)[C@](C)(CNC(=O)[C@@H]1CSc2ccccc21)Cc1ccccc1. The Morgan fingerprint density at radius 2 is 1.92 bits per heavy atom. The Morgan fingerprint density at radius 3 is 2.64 bits per heavy atom. The molecule has 1 amide bonds. The van der Waals surface area contributed by atoms with Crippen molar-refractivity contribution in [3.05, 3.63) is 65.7 Å². The summed E-state index contributed by atoms with van der Waals surface area (Å²) in [5.41, 5.74) is 1.89. The summed E-state index contributed by atoms with van der Waals surface area (Å²) in [6.07, 6.45) is 0.208. The lowest BCUT2D eigenvalue weighted by Crippen LogP contribution is -2.45. The van der Waals surface area contributed by atoms with Gasteiger partial charge in [0.05, 0.1) is 12.0 Å². The van der Waals surface area contributed by atoms with E-state index in [-0.39, 0.29) is 11.8 Å². The first kappa shape index (κ1) is 18.0. The van der Waals surface area contributed by atoms with Gasteiger partial charge in [-0.15, -0.1) is 11.8 Å². The van der Waals surface area contributed by atoms with Gasteiger partial charge in [-0.25, -0.2) is 0 Å². The average Bonchev–Trinajstić information content (AvgIpc) is 3.04. The lowest BCUT2D eigenvalue weighted by atomic mass is 9.79. The minimum absolute atomic E-state index is 0.0531. The topological polar surface area (TPSA) is 49.3 Å². The Morgan fingerprint density at radius 1 is 1.24 bits per heavy atom. The highest BCUT2D eigenvalue weighted by Crippen LogP contribution is 2.39. The quantitative estimate of drug-likeness (QED) is 0.832. The summed E-state index contributed by atoms with van der Waals surface area (Å²) >= 11 is 1.74. The summed E-state index contributed by atoms with van der Waals surface area (Å²) in [5.74, 6) is 0.739. The fourth-order valence-corrected chi connectivity index (χ4v) is 4.44. The third kappa shape index (κ3) is 4.07. The Hall–Kier alpha value is -1.78. The van der Waals surface area contributed by atoms with Crippen LogP contribution in [0, 0.1) is 5.41 Å². The van der Waals surface area contributed by atoms with Crippen molar-refractivity contribution in [3.63, 3.8) is 0 Å². The molecule has 25 heavy (non-hydrogen) atoms. The summed E-state index contributed by atoms with van der Waals surface area (Å²) in [5, 5.41) is 13.4. The molecule has 2 aromatic carbocycles. The molecule has 1 aliphatic rings. The highest BCUT2D eigenvalue weighted by molar-refractivity contribution is 7.99.